The number of fused-ring (bicyclic) bond motifs is 1. The van der Waals surface area contributed by atoms with Crippen LogP contribution >= 0.6 is 23.2 Å². The van der Waals surface area contributed by atoms with E-state index in [9.17, 15) is 4.79 Å². The fraction of sp³-hybridized carbons (Fsp3) is 0.323. The summed E-state index contributed by atoms with van der Waals surface area (Å²) in [6.45, 7) is 4.00. The number of benzene rings is 3. The molecule has 0 saturated carbocycles. The van der Waals surface area contributed by atoms with Crippen LogP contribution in [-0.2, 0) is 16.1 Å². The van der Waals surface area contributed by atoms with Crippen LogP contribution in [0, 0.1) is 0 Å². The summed E-state index contributed by atoms with van der Waals surface area (Å²) in [7, 11) is 1.67. The first kappa shape index (κ1) is 26.6. The molecule has 38 heavy (non-hydrogen) atoms. The number of aromatic nitrogens is 1. The lowest BCUT2D eigenvalue weighted by Crippen LogP contribution is -2.40. The summed E-state index contributed by atoms with van der Waals surface area (Å²) in [6, 6.07) is 22.0. The Morgan fingerprint density at radius 1 is 1.11 bits per heavy atom. The fourth-order valence-corrected chi connectivity index (χ4v) is 5.57. The second kappa shape index (κ2) is 11.4. The van der Waals surface area contributed by atoms with E-state index >= 15 is 0 Å². The highest BCUT2D eigenvalue weighted by Crippen LogP contribution is 2.37. The van der Waals surface area contributed by atoms with E-state index in [0.29, 0.717) is 23.1 Å². The number of nitrogens with zero attached hydrogens (tertiary/aromatic N) is 1. The molecule has 5 nitrogen and oxygen atoms in total. The Balaban J connectivity index is 1.49. The molecule has 7 heteroatoms. The lowest BCUT2D eigenvalue weighted by atomic mass is 9.88. The van der Waals surface area contributed by atoms with Crippen molar-refractivity contribution in [3.63, 3.8) is 0 Å². The van der Waals surface area contributed by atoms with Crippen LogP contribution in [0.5, 0.6) is 5.75 Å². The van der Waals surface area contributed by atoms with Gasteiger partial charge in [-0.25, -0.2) is 0 Å². The van der Waals surface area contributed by atoms with Crippen LogP contribution in [0.25, 0.3) is 10.9 Å². The third kappa shape index (κ3) is 5.85. The minimum Gasteiger partial charge on any atom is -0.497 e. The zero-order chi connectivity index (χ0) is 26.7. The Kier molecular flexibility index (Phi) is 7.98. The molecule has 1 aromatic heterocycles. The van der Waals surface area contributed by atoms with E-state index in [1.165, 1.54) is 0 Å². The maximum Gasteiger partial charge on any atom is 0.221 e. The number of carbonyl (C=O) groups is 1. The third-order valence-corrected chi connectivity index (χ3v) is 8.14. The summed E-state index contributed by atoms with van der Waals surface area (Å²) in [5.74, 6) is 0.600. The molecule has 1 amide bonds. The van der Waals surface area contributed by atoms with E-state index in [2.05, 4.69) is 47.3 Å². The van der Waals surface area contributed by atoms with Gasteiger partial charge in [-0.15, -0.1) is 0 Å². The highest BCUT2D eigenvalue weighted by atomic mass is 35.5. The molecule has 0 bridgehead atoms. The number of rotatable bonds is 9. The molecular weight excluding hydrogens is 519 g/mol. The second-order valence-electron chi connectivity index (χ2n) is 10.2. The van der Waals surface area contributed by atoms with Gasteiger partial charge in [-0.2, -0.15) is 0 Å². The maximum absolute atomic E-state index is 13.3. The van der Waals surface area contributed by atoms with Crippen molar-refractivity contribution in [2.75, 3.05) is 20.3 Å². The highest BCUT2D eigenvalue weighted by molar-refractivity contribution is 6.42. The summed E-state index contributed by atoms with van der Waals surface area (Å²) < 4.78 is 13.4. The third-order valence-electron chi connectivity index (χ3n) is 7.40. The van der Waals surface area contributed by atoms with Gasteiger partial charge in [-0.05, 0) is 66.8 Å². The van der Waals surface area contributed by atoms with Crippen LogP contribution in [-0.4, -0.2) is 36.3 Å². The lowest BCUT2D eigenvalue weighted by molar-refractivity contribution is -0.122. The molecule has 2 heterocycles. The molecule has 0 spiro atoms. The van der Waals surface area contributed by atoms with E-state index in [1.807, 2.05) is 36.4 Å². The monoisotopic (exact) mass is 550 g/mol. The van der Waals surface area contributed by atoms with Gasteiger partial charge < -0.3 is 19.4 Å². The number of nitrogens with one attached hydrogen (secondary N) is 1. The average Bonchev–Trinajstić information content (AvgIpc) is 3.52. The SMILES string of the molecule is COc1ccc(Cn2cc([C@@H](CC(=O)NC[C@]3(C)CCCO3)c3ccc(Cl)c(Cl)c3)c3ccccc32)cc1. The zero-order valence-electron chi connectivity index (χ0n) is 21.7. The summed E-state index contributed by atoms with van der Waals surface area (Å²) >= 11 is 12.7. The molecule has 4 aromatic rings. The van der Waals surface area contributed by atoms with Gasteiger partial charge in [0.2, 0.25) is 5.91 Å². The van der Waals surface area contributed by atoms with Crippen molar-refractivity contribution in [2.45, 2.75) is 44.2 Å². The molecular formula is C31H32Cl2N2O3. The van der Waals surface area contributed by atoms with E-state index < -0.39 is 0 Å². The zero-order valence-corrected chi connectivity index (χ0v) is 23.2. The molecule has 1 aliphatic rings. The number of para-hydroxylation sites is 1. The Bertz CT molecular complexity index is 1430. The van der Waals surface area contributed by atoms with Crippen molar-refractivity contribution in [1.29, 1.82) is 0 Å². The van der Waals surface area contributed by atoms with Crippen LogP contribution in [0.2, 0.25) is 10.0 Å². The molecule has 0 unspecified atom stereocenters. The number of halogens is 2. The van der Waals surface area contributed by atoms with Crippen molar-refractivity contribution in [3.8, 4) is 5.75 Å². The number of amides is 1. The van der Waals surface area contributed by atoms with Crippen LogP contribution in [0.1, 0.15) is 48.8 Å². The first-order valence-electron chi connectivity index (χ1n) is 12.9. The smallest absolute Gasteiger partial charge is 0.221 e. The van der Waals surface area contributed by atoms with E-state index in [4.69, 9.17) is 32.7 Å². The van der Waals surface area contributed by atoms with Crippen molar-refractivity contribution >= 4 is 40.0 Å². The molecule has 1 fully saturated rings. The van der Waals surface area contributed by atoms with E-state index in [0.717, 1.165) is 52.8 Å². The number of carbonyl (C=O) groups excluding carboxylic acids is 1. The lowest BCUT2D eigenvalue weighted by Gasteiger charge is -2.24. The first-order chi connectivity index (χ1) is 18.3. The van der Waals surface area contributed by atoms with Gasteiger partial charge in [0.1, 0.15) is 5.75 Å². The minimum absolute atomic E-state index is 0.0233. The van der Waals surface area contributed by atoms with Gasteiger partial charge in [0.15, 0.2) is 0 Å². The second-order valence-corrected chi connectivity index (χ2v) is 11.0. The summed E-state index contributed by atoms with van der Waals surface area (Å²) in [4.78, 5) is 13.3. The van der Waals surface area contributed by atoms with E-state index in [1.54, 1.807) is 13.2 Å². The number of hydrogen-bond donors (Lipinski definition) is 1. The van der Waals surface area contributed by atoms with Gasteiger partial charge in [-0.3, -0.25) is 4.79 Å². The van der Waals surface area contributed by atoms with Crippen LogP contribution < -0.4 is 10.1 Å². The Morgan fingerprint density at radius 2 is 1.89 bits per heavy atom. The Morgan fingerprint density at radius 3 is 2.61 bits per heavy atom. The standard InChI is InChI=1S/C31H32Cl2N2O3/c1-31(14-5-15-38-31)20-34-30(36)17-25(22-10-13-27(32)28(33)16-22)26-19-35(29-7-4-3-6-24(26)29)18-21-8-11-23(37-2)12-9-21/h3-4,6-13,16,19,25H,5,14-15,17-18,20H2,1-2H3,(H,34,36)/t25-,31-/m0/s1. The first-order valence-corrected chi connectivity index (χ1v) is 13.7. The van der Waals surface area contributed by atoms with Crippen molar-refractivity contribution in [1.82, 2.24) is 9.88 Å². The van der Waals surface area contributed by atoms with Crippen molar-refractivity contribution in [2.24, 2.45) is 0 Å². The van der Waals surface area contributed by atoms with Crippen LogP contribution in [0.3, 0.4) is 0 Å². The summed E-state index contributed by atoms with van der Waals surface area (Å²) in [5.41, 5.74) is 3.99. The molecule has 1 saturated heterocycles. The molecule has 0 aliphatic carbocycles. The number of hydrogen-bond acceptors (Lipinski definition) is 3. The average molecular weight is 552 g/mol. The van der Waals surface area contributed by atoms with Gasteiger partial charge >= 0.3 is 0 Å². The highest BCUT2D eigenvalue weighted by Gasteiger charge is 2.31. The molecule has 2 atom stereocenters. The van der Waals surface area contributed by atoms with Crippen LogP contribution in [0.15, 0.2) is 72.9 Å². The molecule has 198 valence electrons. The molecule has 5 rings (SSSR count). The van der Waals surface area contributed by atoms with Gasteiger partial charge in [-0.1, -0.05) is 59.6 Å². The largest absolute Gasteiger partial charge is 0.497 e. The predicted molar refractivity (Wildman–Crippen MR) is 154 cm³/mol. The maximum atomic E-state index is 13.3. The molecule has 1 aliphatic heterocycles. The van der Waals surface area contributed by atoms with Gasteiger partial charge in [0.05, 0.1) is 22.8 Å². The predicted octanol–water partition coefficient (Wildman–Crippen LogP) is 7.21. The summed E-state index contributed by atoms with van der Waals surface area (Å²) in [5, 5.41) is 5.20. The Labute approximate surface area is 233 Å². The quantitative estimate of drug-likeness (QED) is 0.239. The van der Waals surface area contributed by atoms with Gasteiger partial charge in [0.25, 0.3) is 0 Å². The van der Waals surface area contributed by atoms with E-state index in [-0.39, 0.29) is 23.8 Å². The molecule has 1 N–H and O–H groups in total. The molecule has 0 radical (unpaired) electrons. The topological polar surface area (TPSA) is 52.5 Å². The van der Waals surface area contributed by atoms with Crippen LogP contribution in [0.4, 0.5) is 0 Å². The number of methoxy groups -OCH3 is 1. The van der Waals surface area contributed by atoms with Crippen molar-refractivity contribution in [3.05, 3.63) is 99.7 Å². The van der Waals surface area contributed by atoms with Gasteiger partial charge in [0, 0.05) is 49.1 Å². The number of ether oxygens (including phenoxy) is 2. The fourth-order valence-electron chi connectivity index (χ4n) is 5.27. The minimum atomic E-state index is -0.302. The normalized spacial score (nSPS) is 18.0. The Hall–Kier alpha value is -2.99. The summed E-state index contributed by atoms with van der Waals surface area (Å²) in [6.07, 6.45) is 4.41. The molecule has 3 aromatic carbocycles. The van der Waals surface area contributed by atoms with Crippen molar-refractivity contribution < 1.29 is 14.3 Å².